The van der Waals surface area contributed by atoms with E-state index in [4.69, 9.17) is 14.4 Å². The Balaban J connectivity index is 1.72. The number of carboxylic acids is 1. The van der Waals surface area contributed by atoms with Crippen LogP contribution in [0.4, 0.5) is 17.6 Å². The second kappa shape index (κ2) is 8.40. The molecule has 9 heteroatoms. The molecule has 0 aliphatic rings. The summed E-state index contributed by atoms with van der Waals surface area (Å²) in [6.45, 7) is 1.54. The molecule has 156 valence electrons. The van der Waals surface area contributed by atoms with Crippen molar-refractivity contribution in [3.05, 3.63) is 76.7 Å². The largest absolute Gasteiger partial charge is 0.484 e. The Labute approximate surface area is 168 Å². The van der Waals surface area contributed by atoms with E-state index in [0.717, 1.165) is 24.3 Å². The zero-order valence-corrected chi connectivity index (χ0v) is 15.5. The quantitative estimate of drug-likeness (QED) is 0.421. The van der Waals surface area contributed by atoms with Gasteiger partial charge in [0.1, 0.15) is 12.3 Å². The second-order valence-corrected chi connectivity index (χ2v) is 6.31. The van der Waals surface area contributed by atoms with Crippen LogP contribution < -0.4 is 4.74 Å². The highest BCUT2D eigenvalue weighted by molar-refractivity contribution is 5.85. The molecule has 3 rings (SSSR count). The van der Waals surface area contributed by atoms with Gasteiger partial charge in [0.25, 0.3) is 0 Å². The number of nitrogens with zero attached hydrogens (tertiary/aromatic N) is 1. The summed E-state index contributed by atoms with van der Waals surface area (Å²) in [5.74, 6) is -1.62. The predicted molar refractivity (Wildman–Crippen MR) is 99.1 cm³/mol. The third kappa shape index (κ3) is 4.86. The van der Waals surface area contributed by atoms with Crippen molar-refractivity contribution in [3.8, 4) is 17.1 Å². The summed E-state index contributed by atoms with van der Waals surface area (Å²) in [6.07, 6.45) is -2.30. The van der Waals surface area contributed by atoms with Crippen molar-refractivity contribution < 1.29 is 36.7 Å². The highest BCUT2D eigenvalue weighted by Crippen LogP contribution is 2.32. The molecule has 0 unspecified atom stereocenters. The first-order chi connectivity index (χ1) is 14.1. The van der Waals surface area contributed by atoms with Gasteiger partial charge >= 0.3 is 12.1 Å². The molecule has 0 aliphatic carbocycles. The summed E-state index contributed by atoms with van der Waals surface area (Å²) in [5.41, 5.74) is 0.906. The number of benzene rings is 2. The van der Waals surface area contributed by atoms with Crippen molar-refractivity contribution in [2.45, 2.75) is 19.7 Å². The van der Waals surface area contributed by atoms with Crippen molar-refractivity contribution in [3.63, 3.8) is 0 Å². The molecule has 0 saturated heterocycles. The summed E-state index contributed by atoms with van der Waals surface area (Å²) in [4.78, 5) is 10.5. The molecule has 3 aromatic rings. The fourth-order valence-electron chi connectivity index (χ4n) is 2.63. The Hall–Kier alpha value is -3.62. The minimum atomic E-state index is -4.43. The number of ether oxygens (including phenoxy) is 1. The summed E-state index contributed by atoms with van der Waals surface area (Å²) in [7, 11) is 0. The summed E-state index contributed by atoms with van der Waals surface area (Å²) in [5, 5.41) is 12.5. The third-order valence-corrected chi connectivity index (χ3v) is 4.23. The molecule has 2 aromatic carbocycles. The van der Waals surface area contributed by atoms with E-state index < -0.39 is 23.5 Å². The van der Waals surface area contributed by atoms with Crippen LogP contribution in [0.15, 0.2) is 53.1 Å². The second-order valence-electron chi connectivity index (χ2n) is 6.31. The van der Waals surface area contributed by atoms with Crippen LogP contribution in [0.3, 0.4) is 0 Å². The van der Waals surface area contributed by atoms with Crippen LogP contribution in [0.1, 0.15) is 22.4 Å². The first-order valence-corrected chi connectivity index (χ1v) is 8.61. The lowest BCUT2D eigenvalue weighted by Gasteiger charge is -2.07. The summed E-state index contributed by atoms with van der Waals surface area (Å²) >= 11 is 0. The number of aromatic nitrogens is 1. The van der Waals surface area contributed by atoms with E-state index >= 15 is 0 Å². The maximum atomic E-state index is 14.1. The summed E-state index contributed by atoms with van der Waals surface area (Å²) < 4.78 is 62.9. The minimum Gasteiger partial charge on any atom is -0.484 e. The number of carbonyl (C=O) groups is 1. The lowest BCUT2D eigenvalue weighted by atomic mass is 10.1. The highest BCUT2D eigenvalue weighted by Gasteiger charge is 2.30. The van der Waals surface area contributed by atoms with E-state index in [1.807, 2.05) is 0 Å². The summed E-state index contributed by atoms with van der Waals surface area (Å²) in [6, 6.07) is 8.42. The maximum absolute atomic E-state index is 14.1. The molecule has 1 heterocycles. The lowest BCUT2D eigenvalue weighted by Crippen LogP contribution is -2.04. The van der Waals surface area contributed by atoms with Gasteiger partial charge in [0, 0.05) is 17.2 Å². The molecule has 30 heavy (non-hydrogen) atoms. The molecule has 0 amide bonds. The molecular formula is C21H15F4NO4. The molecule has 0 radical (unpaired) electrons. The maximum Gasteiger partial charge on any atom is 0.416 e. The van der Waals surface area contributed by atoms with Crippen molar-refractivity contribution in [2.75, 3.05) is 0 Å². The number of alkyl halides is 3. The van der Waals surface area contributed by atoms with Gasteiger partial charge in [-0.25, -0.2) is 9.18 Å². The normalized spacial score (nSPS) is 11.8. The van der Waals surface area contributed by atoms with Gasteiger partial charge in [-0.05, 0) is 42.8 Å². The van der Waals surface area contributed by atoms with Gasteiger partial charge in [0.05, 0.1) is 5.56 Å². The number of halogens is 4. The Bertz CT molecular complexity index is 1090. The van der Waals surface area contributed by atoms with Crippen LogP contribution in [0.2, 0.25) is 0 Å². The molecule has 1 N–H and O–H groups in total. The van der Waals surface area contributed by atoms with Gasteiger partial charge in [-0.3, -0.25) is 0 Å². The Morgan fingerprint density at radius 1 is 1.20 bits per heavy atom. The average molecular weight is 421 g/mol. The van der Waals surface area contributed by atoms with E-state index in [1.54, 1.807) is 6.92 Å². The van der Waals surface area contributed by atoms with Crippen LogP contribution in [0.5, 0.6) is 5.75 Å². The van der Waals surface area contributed by atoms with Crippen LogP contribution in [0.25, 0.3) is 17.4 Å². The Morgan fingerprint density at radius 3 is 2.50 bits per heavy atom. The number of hydrogen-bond donors (Lipinski definition) is 1. The van der Waals surface area contributed by atoms with Gasteiger partial charge < -0.3 is 14.4 Å². The molecule has 0 atom stereocenters. The molecule has 0 aliphatic heterocycles. The molecular weight excluding hydrogens is 406 g/mol. The van der Waals surface area contributed by atoms with E-state index in [-0.39, 0.29) is 18.1 Å². The topological polar surface area (TPSA) is 72.6 Å². The average Bonchev–Trinajstić information content (AvgIpc) is 3.05. The minimum absolute atomic E-state index is 0.0686. The van der Waals surface area contributed by atoms with Gasteiger partial charge in [0.15, 0.2) is 17.3 Å². The number of carboxylic acid groups (broad SMARTS) is 1. The molecule has 5 nitrogen and oxygen atoms in total. The molecule has 0 saturated carbocycles. The smallest absolute Gasteiger partial charge is 0.416 e. The van der Waals surface area contributed by atoms with Crippen molar-refractivity contribution in [2.24, 2.45) is 0 Å². The van der Waals surface area contributed by atoms with Gasteiger partial charge in [-0.1, -0.05) is 23.4 Å². The first kappa shape index (κ1) is 21.1. The van der Waals surface area contributed by atoms with E-state index in [2.05, 4.69) is 5.16 Å². The van der Waals surface area contributed by atoms with E-state index in [1.165, 1.54) is 30.3 Å². The van der Waals surface area contributed by atoms with E-state index in [0.29, 0.717) is 22.4 Å². The fraction of sp³-hybridized carbons (Fsp3) is 0.143. The number of rotatable bonds is 6. The zero-order valence-electron chi connectivity index (χ0n) is 15.5. The predicted octanol–water partition coefficient (Wildman–Crippen LogP) is 5.48. The van der Waals surface area contributed by atoms with Crippen LogP contribution >= 0.6 is 0 Å². The molecule has 0 spiro atoms. The van der Waals surface area contributed by atoms with E-state index in [9.17, 15) is 22.4 Å². The van der Waals surface area contributed by atoms with Gasteiger partial charge in [-0.15, -0.1) is 0 Å². The molecule has 0 bridgehead atoms. The zero-order chi connectivity index (χ0) is 21.9. The van der Waals surface area contributed by atoms with Gasteiger partial charge in [-0.2, -0.15) is 13.2 Å². The Kier molecular flexibility index (Phi) is 5.91. The number of hydrogen-bond acceptors (Lipinski definition) is 4. The van der Waals surface area contributed by atoms with Crippen molar-refractivity contribution in [1.29, 1.82) is 0 Å². The SMILES string of the molecule is Cc1c(COc2ccc(C=CC(=O)O)cc2F)noc1-c1ccc(C(F)(F)F)cc1. The number of aliphatic carboxylic acids is 1. The van der Waals surface area contributed by atoms with Crippen LogP contribution in [-0.4, -0.2) is 16.2 Å². The standard InChI is InChI=1S/C21H15F4NO4/c1-12-17(11-29-18-8-2-13(10-16(18)22)3-9-19(27)28)26-30-20(12)14-4-6-15(7-5-14)21(23,24)25/h2-10H,11H2,1H3,(H,27,28). The fourth-order valence-corrected chi connectivity index (χ4v) is 2.63. The van der Waals surface area contributed by atoms with Crippen LogP contribution in [-0.2, 0) is 17.6 Å². The van der Waals surface area contributed by atoms with Gasteiger partial charge in [0.2, 0.25) is 0 Å². The third-order valence-electron chi connectivity index (χ3n) is 4.23. The first-order valence-electron chi connectivity index (χ1n) is 8.61. The lowest BCUT2D eigenvalue weighted by molar-refractivity contribution is -0.137. The molecule has 1 aromatic heterocycles. The highest BCUT2D eigenvalue weighted by atomic mass is 19.4. The molecule has 0 fully saturated rings. The monoisotopic (exact) mass is 421 g/mol. The Morgan fingerprint density at radius 2 is 1.90 bits per heavy atom. The van der Waals surface area contributed by atoms with Crippen molar-refractivity contribution >= 4 is 12.0 Å². The van der Waals surface area contributed by atoms with Crippen molar-refractivity contribution in [1.82, 2.24) is 5.16 Å². The van der Waals surface area contributed by atoms with Crippen LogP contribution in [0, 0.1) is 12.7 Å².